The van der Waals surface area contributed by atoms with Gasteiger partial charge in [-0.3, -0.25) is 13.9 Å². The summed E-state index contributed by atoms with van der Waals surface area (Å²) in [6.45, 7) is 5.36. The lowest BCUT2D eigenvalue weighted by molar-refractivity contribution is -0.139. The second-order valence-corrected chi connectivity index (χ2v) is 11.7. The molecule has 0 saturated carbocycles. The maximum absolute atomic E-state index is 14.0. The van der Waals surface area contributed by atoms with Gasteiger partial charge in [0, 0.05) is 19.2 Å². The number of hydrogen-bond acceptors (Lipinski definition) is 6. The van der Waals surface area contributed by atoms with E-state index in [-0.39, 0.29) is 34.7 Å². The molecular weight excluding hydrogens is 549 g/mol. The summed E-state index contributed by atoms with van der Waals surface area (Å²) in [5.74, 6) is -0.838. The molecular formula is C30H36FN3O6S. The van der Waals surface area contributed by atoms with Crippen LogP contribution in [0.3, 0.4) is 0 Å². The predicted octanol–water partition coefficient (Wildman–Crippen LogP) is 4.23. The van der Waals surface area contributed by atoms with Gasteiger partial charge in [-0.25, -0.2) is 12.8 Å². The molecule has 1 atom stereocenters. The summed E-state index contributed by atoms with van der Waals surface area (Å²) in [4.78, 5) is 28.1. The topological polar surface area (TPSA) is 105 Å². The molecule has 0 aliphatic heterocycles. The largest absolute Gasteiger partial charge is 0.493 e. The minimum atomic E-state index is -4.37. The third-order valence-corrected chi connectivity index (χ3v) is 8.15. The molecule has 9 nitrogen and oxygen atoms in total. The Morgan fingerprint density at radius 2 is 1.54 bits per heavy atom. The Morgan fingerprint density at radius 3 is 2.12 bits per heavy atom. The zero-order chi connectivity index (χ0) is 30.2. The summed E-state index contributed by atoms with van der Waals surface area (Å²) in [5, 5.41) is 2.84. The number of carbonyl (C=O) groups excluding carboxylic acids is 2. The van der Waals surface area contributed by atoms with Crippen molar-refractivity contribution in [2.75, 3.05) is 31.6 Å². The lowest BCUT2D eigenvalue weighted by Gasteiger charge is -2.32. The molecule has 220 valence electrons. The molecule has 0 aliphatic rings. The molecule has 3 rings (SSSR count). The Bertz CT molecular complexity index is 1430. The van der Waals surface area contributed by atoms with Crippen LogP contribution in [0.2, 0.25) is 0 Å². The smallest absolute Gasteiger partial charge is 0.264 e. The molecule has 0 aromatic heterocycles. The number of halogens is 1. The highest BCUT2D eigenvalue weighted by molar-refractivity contribution is 7.92. The lowest BCUT2D eigenvalue weighted by atomic mass is 10.1. The Balaban J connectivity index is 2.04. The highest BCUT2D eigenvalue weighted by atomic mass is 32.2. The summed E-state index contributed by atoms with van der Waals surface area (Å²) in [6.07, 6.45) is 0. The molecule has 0 unspecified atom stereocenters. The number of amides is 2. The van der Waals surface area contributed by atoms with Crippen molar-refractivity contribution >= 4 is 27.5 Å². The van der Waals surface area contributed by atoms with E-state index in [2.05, 4.69) is 5.32 Å². The number of sulfonamides is 1. The Morgan fingerprint density at radius 1 is 0.902 bits per heavy atom. The van der Waals surface area contributed by atoms with Gasteiger partial charge < -0.3 is 19.7 Å². The van der Waals surface area contributed by atoms with Gasteiger partial charge in [-0.05, 0) is 54.8 Å². The van der Waals surface area contributed by atoms with Crippen molar-refractivity contribution in [3.05, 3.63) is 84.2 Å². The number of anilines is 1. The standard InChI is InChI=1S/C30H36FN3O6S/c1-21(2)18-32-30(36)22(3)33(19-23-9-7-6-8-10-23)29(35)20-34(25-13-11-24(31)12-14-25)41(37,38)26-15-16-27(39-4)28(17-26)40-5/h6-17,21-22H,18-20H2,1-5H3,(H,32,36)/t22-/m1/s1. The van der Waals surface area contributed by atoms with Crippen molar-refractivity contribution in [1.29, 1.82) is 0 Å². The molecule has 0 fully saturated rings. The van der Waals surface area contributed by atoms with Crippen molar-refractivity contribution in [3.8, 4) is 11.5 Å². The fraction of sp³-hybridized carbons (Fsp3) is 0.333. The van der Waals surface area contributed by atoms with Crippen LogP contribution >= 0.6 is 0 Å². The van der Waals surface area contributed by atoms with Gasteiger partial charge in [0.1, 0.15) is 18.4 Å². The van der Waals surface area contributed by atoms with Crippen molar-refractivity contribution < 1.29 is 31.9 Å². The van der Waals surface area contributed by atoms with Gasteiger partial charge in [-0.1, -0.05) is 44.2 Å². The number of nitrogens with one attached hydrogen (secondary N) is 1. The van der Waals surface area contributed by atoms with E-state index >= 15 is 0 Å². The first-order valence-electron chi connectivity index (χ1n) is 13.1. The van der Waals surface area contributed by atoms with Crippen molar-refractivity contribution in [2.24, 2.45) is 5.92 Å². The van der Waals surface area contributed by atoms with Gasteiger partial charge in [0.15, 0.2) is 11.5 Å². The number of rotatable bonds is 13. The van der Waals surface area contributed by atoms with Crippen LogP contribution in [0.4, 0.5) is 10.1 Å². The molecule has 3 aromatic rings. The fourth-order valence-electron chi connectivity index (χ4n) is 4.06. The Hall–Kier alpha value is -4.12. The Kier molecular flexibility index (Phi) is 10.7. The van der Waals surface area contributed by atoms with Gasteiger partial charge in [-0.15, -0.1) is 0 Å². The lowest BCUT2D eigenvalue weighted by Crippen LogP contribution is -2.51. The predicted molar refractivity (Wildman–Crippen MR) is 155 cm³/mol. The molecule has 41 heavy (non-hydrogen) atoms. The molecule has 0 saturated heterocycles. The number of ether oxygens (including phenoxy) is 2. The van der Waals surface area contributed by atoms with Crippen LogP contribution in [0, 0.1) is 11.7 Å². The molecule has 0 spiro atoms. The first-order valence-corrected chi connectivity index (χ1v) is 14.5. The quantitative estimate of drug-likeness (QED) is 0.322. The summed E-state index contributed by atoms with van der Waals surface area (Å²) in [5.41, 5.74) is 0.839. The van der Waals surface area contributed by atoms with E-state index in [0.717, 1.165) is 22.0 Å². The van der Waals surface area contributed by atoms with Gasteiger partial charge in [0.2, 0.25) is 11.8 Å². The van der Waals surface area contributed by atoms with Crippen LogP contribution in [0.25, 0.3) is 0 Å². The second kappa shape index (κ2) is 14.0. The minimum Gasteiger partial charge on any atom is -0.493 e. The van der Waals surface area contributed by atoms with Crippen molar-refractivity contribution in [2.45, 2.75) is 38.3 Å². The van der Waals surface area contributed by atoms with Crippen LogP contribution in [0.1, 0.15) is 26.3 Å². The average Bonchev–Trinajstić information content (AvgIpc) is 2.97. The van der Waals surface area contributed by atoms with E-state index < -0.39 is 34.3 Å². The number of benzene rings is 3. The Labute approximate surface area is 240 Å². The summed E-state index contributed by atoms with van der Waals surface area (Å²) in [7, 11) is -1.56. The van der Waals surface area contributed by atoms with E-state index in [1.54, 1.807) is 6.92 Å². The maximum Gasteiger partial charge on any atom is 0.264 e. The van der Waals surface area contributed by atoms with Crippen molar-refractivity contribution in [3.63, 3.8) is 0 Å². The van der Waals surface area contributed by atoms with E-state index in [0.29, 0.717) is 12.3 Å². The van der Waals surface area contributed by atoms with Crippen LogP contribution in [-0.4, -0.2) is 58.5 Å². The normalized spacial score (nSPS) is 12.0. The van der Waals surface area contributed by atoms with Crippen LogP contribution in [0.15, 0.2) is 77.7 Å². The first-order chi connectivity index (χ1) is 19.5. The number of carbonyl (C=O) groups is 2. The van der Waals surface area contributed by atoms with E-state index in [9.17, 15) is 22.4 Å². The summed E-state index contributed by atoms with van der Waals surface area (Å²) in [6, 6.07) is 17.0. The van der Waals surface area contributed by atoms with Crippen LogP contribution in [-0.2, 0) is 26.2 Å². The highest BCUT2D eigenvalue weighted by Gasteiger charge is 2.33. The van der Waals surface area contributed by atoms with Crippen LogP contribution < -0.4 is 19.1 Å². The zero-order valence-corrected chi connectivity index (χ0v) is 24.7. The monoisotopic (exact) mass is 585 g/mol. The van der Waals surface area contributed by atoms with Crippen molar-refractivity contribution in [1.82, 2.24) is 10.2 Å². The van der Waals surface area contributed by atoms with Gasteiger partial charge in [-0.2, -0.15) is 0 Å². The van der Waals surface area contributed by atoms with E-state index in [1.807, 2.05) is 44.2 Å². The minimum absolute atomic E-state index is 0.0730. The fourth-order valence-corrected chi connectivity index (χ4v) is 5.49. The summed E-state index contributed by atoms with van der Waals surface area (Å²) < 4.78 is 53.1. The molecule has 0 radical (unpaired) electrons. The molecule has 1 N–H and O–H groups in total. The third-order valence-electron chi connectivity index (χ3n) is 6.38. The highest BCUT2D eigenvalue weighted by Crippen LogP contribution is 2.32. The average molecular weight is 586 g/mol. The summed E-state index contributed by atoms with van der Waals surface area (Å²) >= 11 is 0. The maximum atomic E-state index is 14.0. The van der Waals surface area contributed by atoms with Gasteiger partial charge in [0.05, 0.1) is 24.8 Å². The third kappa shape index (κ3) is 7.97. The van der Waals surface area contributed by atoms with Crippen LogP contribution in [0.5, 0.6) is 11.5 Å². The number of hydrogen-bond donors (Lipinski definition) is 1. The molecule has 0 bridgehead atoms. The number of methoxy groups -OCH3 is 2. The molecule has 3 aromatic carbocycles. The molecule has 11 heteroatoms. The second-order valence-electron chi connectivity index (χ2n) is 9.83. The van der Waals surface area contributed by atoms with E-state index in [4.69, 9.17) is 9.47 Å². The number of nitrogens with zero attached hydrogens (tertiary/aromatic N) is 2. The SMILES string of the molecule is COc1ccc(S(=O)(=O)N(CC(=O)N(Cc2ccccc2)[C@H](C)C(=O)NCC(C)C)c2ccc(F)cc2)cc1OC. The molecule has 0 aliphatic carbocycles. The van der Waals surface area contributed by atoms with Gasteiger partial charge >= 0.3 is 0 Å². The molecule has 0 heterocycles. The zero-order valence-electron chi connectivity index (χ0n) is 23.8. The van der Waals surface area contributed by atoms with Gasteiger partial charge in [0.25, 0.3) is 10.0 Å². The van der Waals surface area contributed by atoms with E-state index in [1.165, 1.54) is 49.5 Å². The first kappa shape index (κ1) is 31.4. The molecule has 2 amide bonds.